The summed E-state index contributed by atoms with van der Waals surface area (Å²) >= 11 is 5.66. The molecule has 27 heavy (non-hydrogen) atoms. The van der Waals surface area contributed by atoms with E-state index in [2.05, 4.69) is 14.9 Å². The van der Waals surface area contributed by atoms with E-state index in [1.165, 1.54) is 0 Å². The first kappa shape index (κ1) is 18.8. The Bertz CT molecular complexity index is 959. The number of nitrogens with zero attached hydrogens (tertiary/aromatic N) is 5. The van der Waals surface area contributed by atoms with Gasteiger partial charge in [0.15, 0.2) is 9.84 Å². The molecule has 0 unspecified atom stereocenters. The van der Waals surface area contributed by atoms with Crippen molar-refractivity contribution in [1.29, 1.82) is 0 Å². The van der Waals surface area contributed by atoms with Gasteiger partial charge in [0.25, 0.3) is 0 Å². The Morgan fingerprint density at radius 2 is 1.85 bits per heavy atom. The van der Waals surface area contributed by atoms with Crippen molar-refractivity contribution in [2.24, 2.45) is 0 Å². The van der Waals surface area contributed by atoms with Crippen LogP contribution in [0.15, 0.2) is 30.3 Å². The second-order valence-electron chi connectivity index (χ2n) is 7.35. The standard InChI is InChI=1S/C18H25N5O2S2/c1-15-19-22(18(26)23(15)16-5-3-2-4-6-16)14-20-8-10-21(11-9-20)17-7-12-27(24,25)13-17/h2-6,17H,7-14H2,1H3/t17-/m0/s1. The van der Waals surface area contributed by atoms with Crippen molar-refractivity contribution in [3.05, 3.63) is 40.9 Å². The van der Waals surface area contributed by atoms with E-state index < -0.39 is 9.84 Å². The molecule has 2 aliphatic rings. The van der Waals surface area contributed by atoms with E-state index in [4.69, 9.17) is 12.2 Å². The Morgan fingerprint density at radius 1 is 1.15 bits per heavy atom. The number of aryl methyl sites for hydroxylation is 1. The molecule has 1 aromatic heterocycles. The van der Waals surface area contributed by atoms with Gasteiger partial charge in [-0.2, -0.15) is 5.10 Å². The maximum Gasteiger partial charge on any atom is 0.203 e. The van der Waals surface area contributed by atoms with Gasteiger partial charge < -0.3 is 0 Å². The molecule has 7 nitrogen and oxygen atoms in total. The van der Waals surface area contributed by atoms with Crippen LogP contribution in [0.25, 0.3) is 5.69 Å². The van der Waals surface area contributed by atoms with E-state index in [9.17, 15) is 8.42 Å². The fourth-order valence-electron chi connectivity index (χ4n) is 4.01. The Morgan fingerprint density at radius 3 is 2.48 bits per heavy atom. The number of sulfone groups is 1. The molecule has 4 rings (SSSR count). The number of aromatic nitrogens is 3. The van der Waals surface area contributed by atoms with Crippen molar-refractivity contribution < 1.29 is 8.42 Å². The van der Waals surface area contributed by atoms with Gasteiger partial charge in [0, 0.05) is 37.9 Å². The minimum atomic E-state index is -2.83. The molecule has 0 N–H and O–H groups in total. The summed E-state index contributed by atoms with van der Waals surface area (Å²) in [4.78, 5) is 4.66. The number of piperazine rings is 1. The van der Waals surface area contributed by atoms with Crippen molar-refractivity contribution in [3.8, 4) is 5.69 Å². The molecule has 2 fully saturated rings. The van der Waals surface area contributed by atoms with Gasteiger partial charge in [0.1, 0.15) is 5.82 Å². The van der Waals surface area contributed by atoms with Gasteiger partial charge in [-0.1, -0.05) is 18.2 Å². The summed E-state index contributed by atoms with van der Waals surface area (Å²) in [6, 6.07) is 10.2. The topological polar surface area (TPSA) is 63.4 Å². The monoisotopic (exact) mass is 407 g/mol. The van der Waals surface area contributed by atoms with Crippen LogP contribution in [0.2, 0.25) is 0 Å². The lowest BCUT2D eigenvalue weighted by atomic mass is 10.2. The predicted octanol–water partition coefficient (Wildman–Crippen LogP) is 1.47. The minimum Gasteiger partial charge on any atom is -0.297 e. The number of rotatable bonds is 4. The first-order valence-corrected chi connectivity index (χ1v) is 11.5. The van der Waals surface area contributed by atoms with E-state index >= 15 is 0 Å². The Hall–Kier alpha value is -1.55. The Kier molecular flexibility index (Phi) is 5.19. The lowest BCUT2D eigenvalue weighted by Crippen LogP contribution is -2.51. The second-order valence-corrected chi connectivity index (χ2v) is 9.95. The van der Waals surface area contributed by atoms with Crippen molar-refractivity contribution in [1.82, 2.24) is 24.1 Å². The summed E-state index contributed by atoms with van der Waals surface area (Å²) in [6.45, 7) is 6.22. The maximum absolute atomic E-state index is 11.7. The molecule has 0 radical (unpaired) electrons. The molecule has 0 spiro atoms. The van der Waals surface area contributed by atoms with Crippen LogP contribution in [0.5, 0.6) is 0 Å². The molecule has 2 aromatic rings. The molecular weight excluding hydrogens is 382 g/mol. The Balaban J connectivity index is 1.41. The Labute approximate surface area is 165 Å². The predicted molar refractivity (Wildman–Crippen MR) is 107 cm³/mol. The number of hydrogen-bond acceptors (Lipinski definition) is 6. The van der Waals surface area contributed by atoms with E-state index in [1.54, 1.807) is 0 Å². The zero-order valence-corrected chi connectivity index (χ0v) is 17.1. The molecular formula is C18H25N5O2S2. The van der Waals surface area contributed by atoms with Crippen molar-refractivity contribution in [2.75, 3.05) is 37.7 Å². The summed E-state index contributed by atoms with van der Waals surface area (Å²) in [5.41, 5.74) is 1.03. The molecule has 0 aliphatic carbocycles. The summed E-state index contributed by atoms with van der Waals surface area (Å²) in [5, 5.41) is 4.64. The molecule has 2 saturated heterocycles. The minimum absolute atomic E-state index is 0.193. The quantitative estimate of drug-likeness (QED) is 0.716. The number of para-hydroxylation sites is 1. The molecule has 9 heteroatoms. The zero-order valence-electron chi connectivity index (χ0n) is 15.5. The molecule has 0 saturated carbocycles. The third-order valence-corrected chi connectivity index (χ3v) is 7.62. The summed E-state index contributed by atoms with van der Waals surface area (Å²) in [7, 11) is -2.83. The normalized spacial score (nSPS) is 23.7. The van der Waals surface area contributed by atoms with Crippen LogP contribution in [0.3, 0.4) is 0 Å². The first-order chi connectivity index (χ1) is 12.9. The average molecular weight is 408 g/mol. The van der Waals surface area contributed by atoms with E-state index in [-0.39, 0.29) is 6.04 Å². The van der Waals surface area contributed by atoms with Crippen LogP contribution in [0, 0.1) is 11.7 Å². The largest absolute Gasteiger partial charge is 0.297 e. The van der Waals surface area contributed by atoms with Gasteiger partial charge in [-0.15, -0.1) is 0 Å². The van der Waals surface area contributed by atoms with Crippen molar-refractivity contribution in [3.63, 3.8) is 0 Å². The third-order valence-electron chi connectivity index (χ3n) is 5.48. The van der Waals surface area contributed by atoms with Gasteiger partial charge in [-0.05, 0) is 37.7 Å². The van der Waals surface area contributed by atoms with E-state index in [1.807, 2.05) is 46.5 Å². The highest BCUT2D eigenvalue weighted by Crippen LogP contribution is 2.19. The van der Waals surface area contributed by atoms with Gasteiger partial charge in [-0.25, -0.2) is 13.1 Å². The fraction of sp³-hybridized carbons (Fsp3) is 0.556. The molecule has 0 amide bonds. The van der Waals surface area contributed by atoms with Crippen LogP contribution >= 0.6 is 12.2 Å². The first-order valence-electron chi connectivity index (χ1n) is 9.32. The molecule has 2 aliphatic heterocycles. The maximum atomic E-state index is 11.7. The van der Waals surface area contributed by atoms with Crippen LogP contribution < -0.4 is 0 Å². The average Bonchev–Trinajstić information content (AvgIpc) is 3.15. The second kappa shape index (κ2) is 7.46. The highest BCUT2D eigenvalue weighted by Gasteiger charge is 2.33. The molecule has 0 bridgehead atoms. The molecule has 1 aromatic carbocycles. The van der Waals surface area contributed by atoms with Crippen LogP contribution in [0.1, 0.15) is 12.2 Å². The van der Waals surface area contributed by atoms with E-state index in [0.29, 0.717) is 22.9 Å². The van der Waals surface area contributed by atoms with Crippen molar-refractivity contribution >= 4 is 22.1 Å². The third kappa shape index (κ3) is 4.01. The van der Waals surface area contributed by atoms with E-state index in [0.717, 1.165) is 44.1 Å². The zero-order chi connectivity index (χ0) is 19.0. The lowest BCUT2D eigenvalue weighted by Gasteiger charge is -2.37. The molecule has 146 valence electrons. The summed E-state index contributed by atoms with van der Waals surface area (Å²) in [5.74, 6) is 1.53. The number of benzene rings is 1. The van der Waals surface area contributed by atoms with Gasteiger partial charge in [-0.3, -0.25) is 14.4 Å². The van der Waals surface area contributed by atoms with Crippen LogP contribution in [-0.4, -0.2) is 76.3 Å². The molecule has 1 atom stereocenters. The van der Waals surface area contributed by atoms with Gasteiger partial charge >= 0.3 is 0 Å². The van der Waals surface area contributed by atoms with Gasteiger partial charge in [0.05, 0.1) is 18.2 Å². The van der Waals surface area contributed by atoms with Crippen molar-refractivity contribution in [2.45, 2.75) is 26.1 Å². The highest BCUT2D eigenvalue weighted by atomic mass is 32.2. The number of hydrogen-bond donors (Lipinski definition) is 0. The SMILES string of the molecule is Cc1nn(CN2CCN([C@H]3CCS(=O)(=O)C3)CC2)c(=S)n1-c1ccccc1. The molecule has 3 heterocycles. The highest BCUT2D eigenvalue weighted by molar-refractivity contribution is 7.91. The van der Waals surface area contributed by atoms with Crippen LogP contribution in [-0.2, 0) is 16.5 Å². The lowest BCUT2D eigenvalue weighted by molar-refractivity contribution is 0.0807. The summed E-state index contributed by atoms with van der Waals surface area (Å²) in [6.07, 6.45) is 0.772. The fourth-order valence-corrected chi connectivity index (χ4v) is 6.10. The summed E-state index contributed by atoms with van der Waals surface area (Å²) < 4.78 is 28.0. The van der Waals surface area contributed by atoms with Gasteiger partial charge in [0.2, 0.25) is 4.77 Å². The smallest absolute Gasteiger partial charge is 0.203 e. The van der Waals surface area contributed by atoms with Crippen LogP contribution in [0.4, 0.5) is 0 Å².